The maximum absolute atomic E-state index is 6.15. The van der Waals surface area contributed by atoms with E-state index in [1.165, 1.54) is 19.2 Å². The molecule has 0 aliphatic carbocycles. The molecule has 0 fully saturated rings. The van der Waals surface area contributed by atoms with Crippen LogP contribution in [-0.4, -0.2) is 14.5 Å². The fourth-order valence-corrected chi connectivity index (χ4v) is 3.69. The summed E-state index contributed by atoms with van der Waals surface area (Å²) in [6.07, 6.45) is 7.16. The summed E-state index contributed by atoms with van der Waals surface area (Å²) in [5.41, 5.74) is 1.32. The molecule has 0 spiro atoms. The molecule has 0 aliphatic heterocycles. The molecule has 0 aromatic carbocycles. The van der Waals surface area contributed by atoms with E-state index in [1.54, 1.807) is 0 Å². The molecule has 2 aromatic heterocycles. The van der Waals surface area contributed by atoms with Gasteiger partial charge in [0.15, 0.2) is 0 Å². The van der Waals surface area contributed by atoms with Gasteiger partial charge in [-0.2, -0.15) is 0 Å². The SMILES string of the molecule is CCC(C)(CCCn1cc(Br)c2c(Cl)ncnc21)C(C)C. The van der Waals surface area contributed by atoms with Crippen molar-refractivity contribution in [1.29, 1.82) is 0 Å². The molecule has 5 heteroatoms. The lowest BCUT2D eigenvalue weighted by atomic mass is 9.73. The molecule has 0 saturated carbocycles. The fourth-order valence-electron chi connectivity index (χ4n) is 2.74. The quantitative estimate of drug-likeness (QED) is 0.609. The van der Waals surface area contributed by atoms with Crippen molar-refractivity contribution in [3.05, 3.63) is 22.1 Å². The summed E-state index contributed by atoms with van der Waals surface area (Å²) < 4.78 is 3.13. The minimum atomic E-state index is 0.410. The third kappa shape index (κ3) is 3.42. The van der Waals surface area contributed by atoms with Crippen LogP contribution in [0.25, 0.3) is 11.0 Å². The van der Waals surface area contributed by atoms with E-state index in [9.17, 15) is 0 Å². The minimum Gasteiger partial charge on any atom is -0.331 e. The van der Waals surface area contributed by atoms with E-state index in [0.29, 0.717) is 16.5 Å². The van der Waals surface area contributed by atoms with E-state index >= 15 is 0 Å². The molecular formula is C16H23BrClN3. The van der Waals surface area contributed by atoms with Gasteiger partial charge in [0.25, 0.3) is 0 Å². The third-order valence-electron chi connectivity index (χ3n) is 4.91. The highest BCUT2D eigenvalue weighted by molar-refractivity contribution is 9.10. The van der Waals surface area contributed by atoms with Crippen molar-refractivity contribution < 1.29 is 0 Å². The van der Waals surface area contributed by atoms with Crippen molar-refractivity contribution in [3.8, 4) is 0 Å². The predicted molar refractivity (Wildman–Crippen MR) is 92.7 cm³/mol. The number of halogens is 2. The number of aromatic nitrogens is 3. The largest absolute Gasteiger partial charge is 0.331 e. The van der Waals surface area contributed by atoms with Crippen molar-refractivity contribution in [3.63, 3.8) is 0 Å². The van der Waals surface area contributed by atoms with Gasteiger partial charge in [-0.25, -0.2) is 9.97 Å². The van der Waals surface area contributed by atoms with Crippen LogP contribution in [0.1, 0.15) is 47.0 Å². The first-order valence-electron chi connectivity index (χ1n) is 7.54. The Morgan fingerprint density at radius 1 is 1.38 bits per heavy atom. The highest BCUT2D eigenvalue weighted by atomic mass is 79.9. The number of nitrogens with zero attached hydrogens (tertiary/aromatic N) is 3. The van der Waals surface area contributed by atoms with Crippen LogP contribution in [-0.2, 0) is 6.54 Å². The van der Waals surface area contributed by atoms with Gasteiger partial charge in [0.05, 0.1) is 5.39 Å². The monoisotopic (exact) mass is 371 g/mol. The molecule has 1 atom stereocenters. The molecule has 2 heterocycles. The Morgan fingerprint density at radius 3 is 2.71 bits per heavy atom. The Morgan fingerprint density at radius 2 is 2.10 bits per heavy atom. The van der Waals surface area contributed by atoms with Crippen molar-refractivity contribution >= 4 is 38.6 Å². The average molecular weight is 373 g/mol. The Bertz CT molecular complexity index is 623. The molecule has 116 valence electrons. The Kier molecular flexibility index (Phi) is 5.31. The maximum Gasteiger partial charge on any atom is 0.146 e. The number of hydrogen-bond acceptors (Lipinski definition) is 2. The van der Waals surface area contributed by atoms with Crippen LogP contribution in [0.2, 0.25) is 5.15 Å². The number of fused-ring (bicyclic) bond motifs is 1. The van der Waals surface area contributed by atoms with E-state index in [-0.39, 0.29) is 0 Å². The second-order valence-corrected chi connectivity index (χ2v) is 7.51. The highest BCUT2D eigenvalue weighted by Gasteiger charge is 2.25. The van der Waals surface area contributed by atoms with Crippen LogP contribution >= 0.6 is 27.5 Å². The highest BCUT2D eigenvalue weighted by Crippen LogP contribution is 2.36. The van der Waals surface area contributed by atoms with Gasteiger partial charge in [-0.3, -0.25) is 0 Å². The molecule has 0 radical (unpaired) electrons. The number of rotatable bonds is 6. The zero-order valence-electron chi connectivity index (χ0n) is 13.2. The second kappa shape index (κ2) is 6.66. The molecule has 0 N–H and O–H groups in total. The molecule has 0 bridgehead atoms. The first kappa shape index (κ1) is 16.8. The molecule has 0 amide bonds. The smallest absolute Gasteiger partial charge is 0.146 e. The molecule has 21 heavy (non-hydrogen) atoms. The molecular weight excluding hydrogens is 350 g/mol. The summed E-state index contributed by atoms with van der Waals surface area (Å²) in [7, 11) is 0. The van der Waals surface area contributed by atoms with Gasteiger partial charge in [-0.05, 0) is 40.1 Å². The number of hydrogen-bond donors (Lipinski definition) is 0. The summed E-state index contributed by atoms with van der Waals surface area (Å²) in [5, 5.41) is 1.41. The molecule has 2 rings (SSSR count). The van der Waals surface area contributed by atoms with Crippen molar-refractivity contribution in [2.75, 3.05) is 0 Å². The van der Waals surface area contributed by atoms with Gasteiger partial charge in [-0.15, -0.1) is 0 Å². The normalized spacial score (nSPS) is 14.8. The maximum atomic E-state index is 6.15. The standard InChI is InChI=1S/C16H23BrClN3/c1-5-16(4,11(2)3)7-6-8-21-9-12(17)13-14(18)19-10-20-15(13)21/h9-11H,5-8H2,1-4H3. The zero-order valence-corrected chi connectivity index (χ0v) is 15.5. The first-order chi connectivity index (χ1) is 9.89. The Balaban J connectivity index is 2.13. The summed E-state index contributed by atoms with van der Waals surface area (Å²) in [5.74, 6) is 0.701. The average Bonchev–Trinajstić information content (AvgIpc) is 2.76. The van der Waals surface area contributed by atoms with Crippen molar-refractivity contribution in [2.24, 2.45) is 11.3 Å². The van der Waals surface area contributed by atoms with E-state index in [4.69, 9.17) is 11.6 Å². The van der Waals surface area contributed by atoms with Crippen LogP contribution in [0.3, 0.4) is 0 Å². The fraction of sp³-hybridized carbons (Fsp3) is 0.625. The predicted octanol–water partition coefficient (Wildman–Crippen LogP) is 5.70. The minimum absolute atomic E-state index is 0.410. The lowest BCUT2D eigenvalue weighted by Crippen LogP contribution is -2.23. The van der Waals surface area contributed by atoms with Crippen LogP contribution in [0.5, 0.6) is 0 Å². The number of aryl methyl sites for hydroxylation is 1. The first-order valence-corrected chi connectivity index (χ1v) is 8.71. The van der Waals surface area contributed by atoms with E-state index in [1.807, 2.05) is 0 Å². The Hall–Kier alpha value is -0.610. The molecule has 2 aromatic rings. The van der Waals surface area contributed by atoms with E-state index < -0.39 is 0 Å². The lowest BCUT2D eigenvalue weighted by molar-refractivity contribution is 0.182. The van der Waals surface area contributed by atoms with Gasteiger partial charge in [0.2, 0.25) is 0 Å². The molecule has 0 saturated heterocycles. The van der Waals surface area contributed by atoms with Crippen LogP contribution in [0.4, 0.5) is 0 Å². The zero-order chi connectivity index (χ0) is 15.6. The van der Waals surface area contributed by atoms with Gasteiger partial charge in [-0.1, -0.05) is 45.7 Å². The Labute approximate surface area is 140 Å². The summed E-state index contributed by atoms with van der Waals surface area (Å²) in [4.78, 5) is 8.42. The molecule has 0 aliphatic rings. The summed E-state index contributed by atoms with van der Waals surface area (Å²) in [6, 6.07) is 0. The molecule has 1 unspecified atom stereocenters. The second-order valence-electron chi connectivity index (χ2n) is 6.30. The van der Waals surface area contributed by atoms with Crippen molar-refractivity contribution in [1.82, 2.24) is 14.5 Å². The molecule has 3 nitrogen and oxygen atoms in total. The van der Waals surface area contributed by atoms with Crippen LogP contribution in [0, 0.1) is 11.3 Å². The van der Waals surface area contributed by atoms with Crippen molar-refractivity contribution in [2.45, 2.75) is 53.5 Å². The van der Waals surface area contributed by atoms with E-state index in [2.05, 4.69) is 64.4 Å². The van der Waals surface area contributed by atoms with Gasteiger partial charge >= 0.3 is 0 Å². The topological polar surface area (TPSA) is 30.7 Å². The van der Waals surface area contributed by atoms with Crippen LogP contribution < -0.4 is 0 Å². The summed E-state index contributed by atoms with van der Waals surface area (Å²) in [6.45, 7) is 10.3. The van der Waals surface area contributed by atoms with Crippen LogP contribution in [0.15, 0.2) is 17.0 Å². The third-order valence-corrected chi connectivity index (χ3v) is 5.80. The van der Waals surface area contributed by atoms with Gasteiger partial charge in [0.1, 0.15) is 17.1 Å². The summed E-state index contributed by atoms with van der Waals surface area (Å²) >= 11 is 9.70. The lowest BCUT2D eigenvalue weighted by Gasteiger charge is -2.32. The van der Waals surface area contributed by atoms with E-state index in [0.717, 1.165) is 28.5 Å². The van der Waals surface area contributed by atoms with Gasteiger partial charge in [0, 0.05) is 17.2 Å². The van der Waals surface area contributed by atoms with Gasteiger partial charge < -0.3 is 4.57 Å².